The van der Waals surface area contributed by atoms with E-state index < -0.39 is 0 Å². The van der Waals surface area contributed by atoms with Gasteiger partial charge in [0.05, 0.1) is 4.90 Å². The Labute approximate surface area is 130 Å². The number of halogens is 2. The summed E-state index contributed by atoms with van der Waals surface area (Å²) in [6, 6.07) is 8.07. The van der Waals surface area contributed by atoms with Crippen LogP contribution in [0, 0.1) is 3.70 Å². The fourth-order valence-corrected chi connectivity index (χ4v) is 3.78. The number of hydrogen-bond acceptors (Lipinski definition) is 2. The topological polar surface area (TPSA) is 17.8 Å². The van der Waals surface area contributed by atoms with Crippen LogP contribution >= 0.6 is 46.0 Å². The Morgan fingerprint density at radius 3 is 2.61 bits per heavy atom. The van der Waals surface area contributed by atoms with Crippen LogP contribution in [0.1, 0.15) is 12.5 Å². The maximum atomic E-state index is 5.88. The summed E-state index contributed by atoms with van der Waals surface area (Å²) in [4.78, 5) is 1.25. The van der Waals surface area contributed by atoms with Crippen LogP contribution in [-0.4, -0.2) is 15.0 Å². The van der Waals surface area contributed by atoms with E-state index in [-0.39, 0.29) is 0 Å². The van der Waals surface area contributed by atoms with Crippen molar-refractivity contribution in [2.24, 2.45) is 7.05 Å². The zero-order valence-electron chi connectivity index (χ0n) is 10.2. The van der Waals surface area contributed by atoms with Gasteiger partial charge in [0.1, 0.15) is 3.70 Å². The molecule has 0 saturated heterocycles. The van der Waals surface area contributed by atoms with Gasteiger partial charge in [0.15, 0.2) is 0 Å². The quantitative estimate of drug-likeness (QED) is 0.567. The highest BCUT2D eigenvalue weighted by Crippen LogP contribution is 2.29. The smallest absolute Gasteiger partial charge is 0.136 e. The van der Waals surface area contributed by atoms with E-state index in [1.807, 2.05) is 35.6 Å². The number of aryl methyl sites for hydroxylation is 1. The first kappa shape index (κ1) is 14.2. The van der Waals surface area contributed by atoms with Gasteiger partial charge < -0.3 is 0 Å². The first-order chi connectivity index (χ1) is 8.54. The predicted octanol–water partition coefficient (Wildman–Crippen LogP) is 4.40. The summed E-state index contributed by atoms with van der Waals surface area (Å²) in [5.74, 6) is 0. The van der Waals surface area contributed by atoms with E-state index in [0.717, 1.165) is 15.1 Å². The standard InChI is InChI=1S/C13H14ClIN2S/c1-9(7-10-3-5-11(14)6-4-10)18-12-8-17(2)16-13(12)15/h3-6,8-9H,7H2,1-2H3. The number of rotatable bonds is 4. The van der Waals surface area contributed by atoms with Gasteiger partial charge in [0.2, 0.25) is 0 Å². The normalized spacial score (nSPS) is 12.7. The van der Waals surface area contributed by atoms with Crippen LogP contribution in [0.25, 0.3) is 0 Å². The predicted molar refractivity (Wildman–Crippen MR) is 86.4 cm³/mol. The lowest BCUT2D eigenvalue weighted by molar-refractivity contribution is 0.759. The Hall–Kier alpha value is -0.200. The minimum Gasteiger partial charge on any atom is -0.274 e. The molecule has 0 radical (unpaired) electrons. The molecule has 1 aromatic carbocycles. The lowest BCUT2D eigenvalue weighted by Crippen LogP contribution is -2.01. The lowest BCUT2D eigenvalue weighted by Gasteiger charge is -2.10. The number of benzene rings is 1. The van der Waals surface area contributed by atoms with Crippen LogP contribution in [-0.2, 0) is 13.5 Å². The largest absolute Gasteiger partial charge is 0.274 e. The summed E-state index contributed by atoms with van der Waals surface area (Å²) in [6.07, 6.45) is 3.11. The van der Waals surface area contributed by atoms with Gasteiger partial charge in [0.25, 0.3) is 0 Å². The van der Waals surface area contributed by atoms with Crippen molar-refractivity contribution in [3.63, 3.8) is 0 Å². The molecule has 0 N–H and O–H groups in total. The Morgan fingerprint density at radius 1 is 1.39 bits per heavy atom. The van der Waals surface area contributed by atoms with E-state index in [1.165, 1.54) is 10.5 Å². The number of hydrogen-bond donors (Lipinski definition) is 0. The van der Waals surface area contributed by atoms with Gasteiger partial charge in [-0.1, -0.05) is 30.7 Å². The van der Waals surface area contributed by atoms with Gasteiger partial charge in [-0.05, 0) is 46.7 Å². The fraction of sp³-hybridized carbons (Fsp3) is 0.308. The Kier molecular flexibility index (Phi) is 4.98. The maximum Gasteiger partial charge on any atom is 0.136 e. The lowest BCUT2D eigenvalue weighted by atomic mass is 10.1. The van der Waals surface area contributed by atoms with Crippen molar-refractivity contribution in [3.8, 4) is 0 Å². The first-order valence-corrected chi connectivity index (χ1v) is 7.98. The van der Waals surface area contributed by atoms with Gasteiger partial charge >= 0.3 is 0 Å². The minimum atomic E-state index is 0.517. The highest BCUT2D eigenvalue weighted by Gasteiger charge is 2.11. The van der Waals surface area contributed by atoms with E-state index in [2.05, 4.69) is 52.9 Å². The zero-order valence-corrected chi connectivity index (χ0v) is 14.0. The molecule has 18 heavy (non-hydrogen) atoms. The van der Waals surface area contributed by atoms with E-state index >= 15 is 0 Å². The molecule has 2 aromatic rings. The molecule has 0 spiro atoms. The third kappa shape index (κ3) is 3.90. The molecule has 0 aliphatic carbocycles. The SMILES string of the molecule is CC(Cc1ccc(Cl)cc1)Sc1cn(C)nc1I. The van der Waals surface area contributed by atoms with E-state index in [1.54, 1.807) is 0 Å². The highest BCUT2D eigenvalue weighted by atomic mass is 127. The highest BCUT2D eigenvalue weighted by molar-refractivity contribution is 14.1. The molecule has 0 fully saturated rings. The summed E-state index contributed by atoms with van der Waals surface area (Å²) in [5, 5.41) is 5.66. The second kappa shape index (κ2) is 6.30. The van der Waals surface area contributed by atoms with Gasteiger partial charge in [-0.3, -0.25) is 4.68 Å². The molecule has 0 aliphatic heterocycles. The second-order valence-corrected chi connectivity index (χ2v) is 7.16. The van der Waals surface area contributed by atoms with Gasteiger partial charge in [-0.15, -0.1) is 11.8 Å². The minimum absolute atomic E-state index is 0.517. The van der Waals surface area contributed by atoms with Crippen molar-refractivity contribution in [2.45, 2.75) is 23.5 Å². The number of thioether (sulfide) groups is 1. The average Bonchev–Trinajstić information content (AvgIpc) is 2.61. The van der Waals surface area contributed by atoms with Crippen molar-refractivity contribution in [3.05, 3.63) is 44.7 Å². The molecule has 96 valence electrons. The zero-order chi connectivity index (χ0) is 13.1. The van der Waals surface area contributed by atoms with Crippen LogP contribution in [0.3, 0.4) is 0 Å². The van der Waals surface area contributed by atoms with Crippen molar-refractivity contribution in [1.82, 2.24) is 9.78 Å². The van der Waals surface area contributed by atoms with E-state index in [4.69, 9.17) is 11.6 Å². The Morgan fingerprint density at radius 2 is 2.06 bits per heavy atom. The number of nitrogens with zero attached hydrogens (tertiary/aromatic N) is 2. The summed E-state index contributed by atoms with van der Waals surface area (Å²) in [5.41, 5.74) is 1.32. The van der Waals surface area contributed by atoms with Gasteiger partial charge in [0, 0.05) is 23.5 Å². The monoisotopic (exact) mass is 392 g/mol. The summed E-state index contributed by atoms with van der Waals surface area (Å²) >= 11 is 10.0. The molecule has 5 heteroatoms. The summed E-state index contributed by atoms with van der Waals surface area (Å²) in [6.45, 7) is 2.24. The summed E-state index contributed by atoms with van der Waals surface area (Å²) < 4.78 is 2.93. The average molecular weight is 393 g/mol. The maximum absolute atomic E-state index is 5.88. The molecular formula is C13H14ClIN2S. The van der Waals surface area contributed by atoms with Crippen LogP contribution < -0.4 is 0 Å². The number of aromatic nitrogens is 2. The molecule has 0 saturated carbocycles. The first-order valence-electron chi connectivity index (χ1n) is 5.65. The Bertz CT molecular complexity index is 524. The molecule has 2 nitrogen and oxygen atoms in total. The van der Waals surface area contributed by atoms with Crippen molar-refractivity contribution < 1.29 is 0 Å². The second-order valence-electron chi connectivity index (χ2n) is 4.22. The molecule has 1 aromatic heterocycles. The third-order valence-corrected chi connectivity index (χ3v) is 5.05. The molecule has 0 amide bonds. The molecule has 1 unspecified atom stereocenters. The van der Waals surface area contributed by atoms with Crippen molar-refractivity contribution in [1.29, 1.82) is 0 Å². The molecule has 0 bridgehead atoms. The van der Waals surface area contributed by atoms with Crippen molar-refractivity contribution in [2.75, 3.05) is 0 Å². The molecular weight excluding hydrogens is 379 g/mol. The van der Waals surface area contributed by atoms with Crippen LogP contribution in [0.15, 0.2) is 35.4 Å². The fourth-order valence-electron chi connectivity index (χ4n) is 1.73. The van der Waals surface area contributed by atoms with Crippen LogP contribution in [0.2, 0.25) is 5.02 Å². The van der Waals surface area contributed by atoms with E-state index in [9.17, 15) is 0 Å². The summed E-state index contributed by atoms with van der Waals surface area (Å²) in [7, 11) is 1.95. The van der Waals surface area contributed by atoms with E-state index in [0.29, 0.717) is 5.25 Å². The molecule has 0 aliphatic rings. The van der Waals surface area contributed by atoms with Crippen LogP contribution in [0.5, 0.6) is 0 Å². The van der Waals surface area contributed by atoms with Gasteiger partial charge in [-0.25, -0.2) is 0 Å². The van der Waals surface area contributed by atoms with Crippen molar-refractivity contribution >= 4 is 46.0 Å². The Balaban J connectivity index is 1.98. The molecule has 1 heterocycles. The molecule has 1 atom stereocenters. The molecule has 2 rings (SSSR count). The third-order valence-electron chi connectivity index (χ3n) is 2.52. The van der Waals surface area contributed by atoms with Gasteiger partial charge in [-0.2, -0.15) is 5.10 Å². The van der Waals surface area contributed by atoms with Crippen LogP contribution in [0.4, 0.5) is 0 Å².